The lowest BCUT2D eigenvalue weighted by Gasteiger charge is -2.44. The summed E-state index contributed by atoms with van der Waals surface area (Å²) in [5.74, 6) is 0.384. The highest BCUT2D eigenvalue weighted by Crippen LogP contribution is 2.34. The van der Waals surface area contributed by atoms with Gasteiger partial charge in [-0.25, -0.2) is 0 Å². The largest absolute Gasteiger partial charge is 0.494 e. The summed E-state index contributed by atoms with van der Waals surface area (Å²) >= 11 is 0. The second kappa shape index (κ2) is 10.5. The van der Waals surface area contributed by atoms with E-state index in [0.29, 0.717) is 38.4 Å². The highest BCUT2D eigenvalue weighted by atomic mass is 16.5. The molecule has 0 spiro atoms. The summed E-state index contributed by atoms with van der Waals surface area (Å²) in [7, 11) is 0. The molecule has 0 bridgehead atoms. The molecule has 1 aromatic heterocycles. The van der Waals surface area contributed by atoms with Crippen LogP contribution in [0.3, 0.4) is 0 Å². The van der Waals surface area contributed by atoms with Gasteiger partial charge in [-0.05, 0) is 52.3 Å². The molecule has 7 heteroatoms. The van der Waals surface area contributed by atoms with Gasteiger partial charge in [-0.15, -0.1) is 0 Å². The molecule has 4 rings (SSSR count). The van der Waals surface area contributed by atoms with Crippen molar-refractivity contribution in [1.29, 1.82) is 0 Å². The predicted molar refractivity (Wildman–Crippen MR) is 137 cm³/mol. The van der Waals surface area contributed by atoms with Crippen molar-refractivity contribution in [3.05, 3.63) is 65.9 Å². The van der Waals surface area contributed by atoms with Gasteiger partial charge < -0.3 is 24.3 Å². The fourth-order valence-electron chi connectivity index (χ4n) is 4.64. The number of nitrogens with zero attached hydrogens (tertiary/aromatic N) is 2. The Hall–Kier alpha value is -3.32. The Bertz CT molecular complexity index is 1200. The summed E-state index contributed by atoms with van der Waals surface area (Å²) in [4.78, 5) is 29.2. The second-order valence-corrected chi connectivity index (χ2v) is 9.41. The summed E-state index contributed by atoms with van der Waals surface area (Å²) in [5, 5.41) is 4.04. The van der Waals surface area contributed by atoms with Crippen LogP contribution in [0.4, 0.5) is 0 Å². The van der Waals surface area contributed by atoms with Crippen molar-refractivity contribution >= 4 is 22.7 Å². The molecule has 0 unspecified atom stereocenters. The Kier molecular flexibility index (Phi) is 7.45. The van der Waals surface area contributed by atoms with E-state index in [0.717, 1.165) is 22.2 Å². The van der Waals surface area contributed by atoms with Crippen LogP contribution in [0.15, 0.2) is 54.6 Å². The van der Waals surface area contributed by atoms with Crippen LogP contribution < -0.4 is 10.1 Å². The molecule has 1 aliphatic heterocycles. The molecule has 2 heterocycles. The molecule has 7 nitrogen and oxygen atoms in total. The first kappa shape index (κ1) is 24.8. The van der Waals surface area contributed by atoms with Crippen LogP contribution in [-0.4, -0.2) is 52.7 Å². The number of amides is 2. The summed E-state index contributed by atoms with van der Waals surface area (Å²) in [6.07, 6.45) is 0.860. The van der Waals surface area contributed by atoms with E-state index in [2.05, 4.69) is 5.32 Å². The maximum absolute atomic E-state index is 13.9. The van der Waals surface area contributed by atoms with Crippen molar-refractivity contribution in [3.8, 4) is 5.75 Å². The molecule has 3 aromatic rings. The Balaban J connectivity index is 1.67. The van der Waals surface area contributed by atoms with Gasteiger partial charge in [0.15, 0.2) is 0 Å². The standard InChI is InChI=1S/C28H35N3O4/c1-5-34-25-14-9-7-12-22(25)18-31-26(32)24-17-21-11-6-8-13-23(21)30(24)19-28(31,4)27(33)29-15-10-16-35-20(2)3/h6-9,11-14,17,20H,5,10,15-16,18-19H2,1-4H3,(H,29,33)/t28-/m0/s1. The van der Waals surface area contributed by atoms with Gasteiger partial charge in [-0.3, -0.25) is 9.59 Å². The average Bonchev–Trinajstić information content (AvgIpc) is 3.21. The van der Waals surface area contributed by atoms with Crippen LogP contribution >= 0.6 is 0 Å². The SMILES string of the molecule is CCOc1ccccc1CN1C(=O)c2cc3ccccc3n2C[C@@]1(C)C(=O)NCCCOC(C)C. The molecule has 0 radical (unpaired) electrons. The minimum absolute atomic E-state index is 0.153. The number of hydrogen-bond acceptors (Lipinski definition) is 4. The van der Waals surface area contributed by atoms with E-state index in [9.17, 15) is 9.59 Å². The van der Waals surface area contributed by atoms with Crippen molar-refractivity contribution in [1.82, 2.24) is 14.8 Å². The molecule has 0 saturated carbocycles. The number of nitrogens with one attached hydrogen (secondary N) is 1. The van der Waals surface area contributed by atoms with E-state index in [1.165, 1.54) is 0 Å². The summed E-state index contributed by atoms with van der Waals surface area (Å²) in [6.45, 7) is 9.99. The monoisotopic (exact) mass is 477 g/mol. The van der Waals surface area contributed by atoms with Gasteiger partial charge in [0.05, 0.1) is 25.8 Å². The number of benzene rings is 2. The number of carbonyl (C=O) groups excluding carboxylic acids is 2. The van der Waals surface area contributed by atoms with E-state index in [1.54, 1.807) is 4.90 Å². The molecule has 1 N–H and O–H groups in total. The van der Waals surface area contributed by atoms with Crippen molar-refractivity contribution in [2.24, 2.45) is 0 Å². The minimum atomic E-state index is -1.08. The van der Waals surface area contributed by atoms with E-state index in [4.69, 9.17) is 9.47 Å². The van der Waals surface area contributed by atoms with Gasteiger partial charge >= 0.3 is 0 Å². The van der Waals surface area contributed by atoms with Crippen LogP contribution in [-0.2, 0) is 22.6 Å². The van der Waals surface area contributed by atoms with Crippen LogP contribution in [0, 0.1) is 0 Å². The summed E-state index contributed by atoms with van der Waals surface area (Å²) in [5.41, 5.74) is 1.34. The van der Waals surface area contributed by atoms with Crippen LogP contribution in [0.5, 0.6) is 5.75 Å². The smallest absolute Gasteiger partial charge is 0.271 e. The van der Waals surface area contributed by atoms with Crippen LogP contribution in [0.2, 0.25) is 0 Å². The molecular formula is C28H35N3O4. The Morgan fingerprint density at radius 2 is 1.89 bits per heavy atom. The lowest BCUT2D eigenvalue weighted by molar-refractivity contribution is -0.133. The van der Waals surface area contributed by atoms with Crippen molar-refractivity contribution in [2.45, 2.75) is 58.8 Å². The number of aromatic nitrogens is 1. The topological polar surface area (TPSA) is 72.8 Å². The van der Waals surface area contributed by atoms with Crippen molar-refractivity contribution in [2.75, 3.05) is 19.8 Å². The first-order valence-electron chi connectivity index (χ1n) is 12.4. The molecule has 0 fully saturated rings. The Labute approximate surface area is 207 Å². The third-order valence-electron chi connectivity index (χ3n) is 6.48. The highest BCUT2D eigenvalue weighted by molar-refractivity contribution is 6.03. The number of fused-ring (bicyclic) bond motifs is 3. The molecule has 1 atom stereocenters. The normalized spacial score (nSPS) is 17.6. The average molecular weight is 478 g/mol. The predicted octanol–water partition coefficient (Wildman–Crippen LogP) is 4.39. The van der Waals surface area contributed by atoms with Gasteiger partial charge in [0.2, 0.25) is 5.91 Å². The Morgan fingerprint density at radius 3 is 2.66 bits per heavy atom. The third-order valence-corrected chi connectivity index (χ3v) is 6.48. The lowest BCUT2D eigenvalue weighted by atomic mass is 9.93. The maximum Gasteiger partial charge on any atom is 0.271 e. The minimum Gasteiger partial charge on any atom is -0.494 e. The van der Waals surface area contributed by atoms with E-state index in [-0.39, 0.29) is 24.5 Å². The maximum atomic E-state index is 13.9. The molecular weight excluding hydrogens is 442 g/mol. The Morgan fingerprint density at radius 1 is 1.14 bits per heavy atom. The summed E-state index contributed by atoms with van der Waals surface area (Å²) < 4.78 is 13.4. The van der Waals surface area contributed by atoms with Gasteiger partial charge in [0, 0.05) is 29.6 Å². The molecule has 186 valence electrons. The molecule has 35 heavy (non-hydrogen) atoms. The van der Waals surface area contributed by atoms with E-state index < -0.39 is 5.54 Å². The molecule has 0 saturated heterocycles. The zero-order valence-electron chi connectivity index (χ0n) is 21.0. The number of carbonyl (C=O) groups is 2. The van der Waals surface area contributed by atoms with E-state index >= 15 is 0 Å². The quantitative estimate of drug-likeness (QED) is 0.440. The summed E-state index contributed by atoms with van der Waals surface area (Å²) in [6, 6.07) is 17.5. The molecule has 1 aliphatic rings. The lowest BCUT2D eigenvalue weighted by Crippen LogP contribution is -2.63. The van der Waals surface area contributed by atoms with Crippen molar-refractivity contribution < 1.29 is 19.1 Å². The fourth-order valence-corrected chi connectivity index (χ4v) is 4.64. The van der Waals surface area contributed by atoms with Gasteiger partial charge in [0.1, 0.15) is 17.0 Å². The van der Waals surface area contributed by atoms with Crippen LogP contribution in [0.1, 0.15) is 50.2 Å². The highest BCUT2D eigenvalue weighted by Gasteiger charge is 2.47. The third kappa shape index (κ3) is 5.05. The number of para-hydroxylation sites is 2. The number of ether oxygens (including phenoxy) is 2. The van der Waals surface area contributed by atoms with E-state index in [1.807, 2.05) is 86.9 Å². The van der Waals surface area contributed by atoms with Crippen molar-refractivity contribution in [3.63, 3.8) is 0 Å². The second-order valence-electron chi connectivity index (χ2n) is 9.41. The van der Waals surface area contributed by atoms with Gasteiger partial charge in [0.25, 0.3) is 5.91 Å². The molecule has 0 aliphatic carbocycles. The zero-order valence-corrected chi connectivity index (χ0v) is 21.0. The van der Waals surface area contributed by atoms with Gasteiger partial charge in [-0.2, -0.15) is 0 Å². The first-order valence-corrected chi connectivity index (χ1v) is 12.4. The zero-order chi connectivity index (χ0) is 25.0. The fraction of sp³-hybridized carbons (Fsp3) is 0.429. The van der Waals surface area contributed by atoms with Crippen LogP contribution in [0.25, 0.3) is 10.9 Å². The first-order chi connectivity index (χ1) is 16.8. The number of hydrogen-bond donors (Lipinski definition) is 1. The molecule has 2 aromatic carbocycles. The number of rotatable bonds is 10. The molecule has 2 amide bonds. The van der Waals surface area contributed by atoms with Gasteiger partial charge in [-0.1, -0.05) is 36.4 Å².